The van der Waals surface area contributed by atoms with Crippen molar-refractivity contribution in [3.63, 3.8) is 0 Å². The van der Waals surface area contributed by atoms with Crippen LogP contribution < -0.4 is 16.1 Å². The number of carbonyl (C=O) groups is 2. The molecule has 0 unspecified atom stereocenters. The van der Waals surface area contributed by atoms with E-state index in [1.54, 1.807) is 12.3 Å². The molecule has 8 nitrogen and oxygen atoms in total. The van der Waals surface area contributed by atoms with Gasteiger partial charge in [-0.3, -0.25) is 14.7 Å². The SMILES string of the molecule is CN(C)C1=CC=c2oc3c(c2C1)C=C(NC(=O)c1ccn[nH]1)C=CC=3.O=CO. The Morgan fingerprint density at radius 3 is 2.79 bits per heavy atom. The van der Waals surface area contributed by atoms with Crippen molar-refractivity contribution >= 4 is 30.6 Å². The fourth-order valence-electron chi connectivity index (χ4n) is 2.94. The Kier molecular flexibility index (Phi) is 5.59. The summed E-state index contributed by atoms with van der Waals surface area (Å²) >= 11 is 0. The number of H-pyrrole nitrogens is 1. The smallest absolute Gasteiger partial charge is 0.290 e. The Bertz CT molecular complexity index is 1090. The van der Waals surface area contributed by atoms with Crippen molar-refractivity contribution in [2.24, 2.45) is 0 Å². The lowest BCUT2D eigenvalue weighted by atomic mass is 10.0. The molecule has 0 atom stereocenters. The van der Waals surface area contributed by atoms with Crippen LogP contribution >= 0.6 is 0 Å². The molecule has 0 radical (unpaired) electrons. The fraction of sp³-hybridized carbons (Fsp3) is 0.150. The maximum Gasteiger partial charge on any atom is 0.290 e. The molecule has 0 aromatic carbocycles. The van der Waals surface area contributed by atoms with E-state index in [-0.39, 0.29) is 12.4 Å². The Morgan fingerprint density at radius 2 is 2.11 bits per heavy atom. The van der Waals surface area contributed by atoms with Crippen molar-refractivity contribution in [3.05, 3.63) is 69.5 Å². The van der Waals surface area contributed by atoms with Crippen LogP contribution in [-0.4, -0.2) is 46.7 Å². The van der Waals surface area contributed by atoms with Crippen molar-refractivity contribution in [2.45, 2.75) is 6.42 Å². The summed E-state index contributed by atoms with van der Waals surface area (Å²) in [5.41, 5.74) is 6.15. The van der Waals surface area contributed by atoms with Crippen molar-refractivity contribution < 1.29 is 19.1 Å². The lowest BCUT2D eigenvalue weighted by Gasteiger charge is -2.18. The van der Waals surface area contributed by atoms with Crippen molar-refractivity contribution in [1.29, 1.82) is 0 Å². The van der Waals surface area contributed by atoms with Crippen LogP contribution in [0.1, 0.15) is 21.6 Å². The number of carboxylic acid groups (broad SMARTS) is 1. The van der Waals surface area contributed by atoms with E-state index in [0.717, 1.165) is 28.4 Å². The lowest BCUT2D eigenvalue weighted by Crippen LogP contribution is -2.22. The van der Waals surface area contributed by atoms with Gasteiger partial charge in [-0.2, -0.15) is 5.10 Å². The quantitative estimate of drug-likeness (QED) is 0.673. The van der Waals surface area contributed by atoms with Crippen molar-refractivity contribution in [1.82, 2.24) is 20.4 Å². The maximum atomic E-state index is 12.3. The summed E-state index contributed by atoms with van der Waals surface area (Å²) < 4.78 is 5.96. The van der Waals surface area contributed by atoms with Gasteiger partial charge in [-0.1, -0.05) is 6.08 Å². The number of aromatic nitrogens is 2. The number of furan rings is 1. The Balaban J connectivity index is 0.000000706. The topological polar surface area (TPSA) is 111 Å². The second kappa shape index (κ2) is 8.26. The molecule has 0 saturated heterocycles. The molecule has 2 heterocycles. The minimum absolute atomic E-state index is 0.227. The molecule has 3 N–H and O–H groups in total. The highest BCUT2D eigenvalue weighted by atomic mass is 16.3. The predicted molar refractivity (Wildman–Crippen MR) is 104 cm³/mol. The number of likely N-dealkylation sites (N-methyl/N-ethyl adjacent to an activating group) is 1. The summed E-state index contributed by atoms with van der Waals surface area (Å²) in [4.78, 5) is 22.7. The van der Waals surface area contributed by atoms with Gasteiger partial charge in [-0.05, 0) is 36.4 Å². The highest BCUT2D eigenvalue weighted by Crippen LogP contribution is 2.17. The third-order valence-corrected chi connectivity index (χ3v) is 4.29. The number of aromatic amines is 1. The highest BCUT2D eigenvalue weighted by molar-refractivity contribution is 5.94. The van der Waals surface area contributed by atoms with Gasteiger partial charge in [0.2, 0.25) is 0 Å². The Hall–Kier alpha value is -3.81. The number of fused-ring (bicyclic) bond motifs is 3. The number of rotatable bonds is 3. The zero-order valence-electron chi connectivity index (χ0n) is 15.5. The largest absolute Gasteiger partial charge is 0.483 e. The zero-order chi connectivity index (χ0) is 20.1. The first-order valence-corrected chi connectivity index (χ1v) is 8.52. The average Bonchev–Trinajstić information content (AvgIpc) is 3.27. The van der Waals surface area contributed by atoms with Gasteiger partial charge < -0.3 is 19.7 Å². The molecule has 2 aromatic rings. The molecule has 0 bridgehead atoms. The second-order valence-corrected chi connectivity index (χ2v) is 6.27. The number of allylic oxidation sites excluding steroid dienone is 4. The van der Waals surface area contributed by atoms with Crippen LogP contribution in [0.4, 0.5) is 0 Å². The number of nitrogens with zero attached hydrogens (tertiary/aromatic N) is 2. The molecule has 0 saturated carbocycles. The number of hydrogen-bond acceptors (Lipinski definition) is 5. The summed E-state index contributed by atoms with van der Waals surface area (Å²) in [6.45, 7) is -0.250. The Labute approximate surface area is 160 Å². The second-order valence-electron chi connectivity index (χ2n) is 6.27. The molecule has 0 fully saturated rings. The van der Waals surface area contributed by atoms with Gasteiger partial charge in [0, 0.05) is 49.2 Å². The van der Waals surface area contributed by atoms with Crippen LogP contribution in [0.3, 0.4) is 0 Å². The number of hydrogen-bond donors (Lipinski definition) is 3. The number of carbonyl (C=O) groups excluding carboxylic acids is 1. The van der Waals surface area contributed by atoms with Gasteiger partial charge in [0.1, 0.15) is 16.5 Å². The molecule has 0 aliphatic heterocycles. The number of amides is 1. The van der Waals surface area contributed by atoms with Crippen LogP contribution in [0.25, 0.3) is 18.2 Å². The van der Waals surface area contributed by atoms with E-state index in [4.69, 9.17) is 14.3 Å². The molecule has 8 heteroatoms. The lowest BCUT2D eigenvalue weighted by molar-refractivity contribution is -0.122. The first-order valence-electron chi connectivity index (χ1n) is 8.52. The standard InChI is InChI=1S/C19H18N4O2.CH2O2/c1-23(2)13-6-7-18-15(11-13)14-10-12(4-3-5-17(14)25-18)21-19(24)16-8-9-20-22-16;2-1-3/h3-10H,11H2,1-2H3,(H,20,22)(H,21,24);1H,(H,2,3). The molecule has 0 spiro atoms. The monoisotopic (exact) mass is 380 g/mol. The van der Waals surface area contributed by atoms with Crippen LogP contribution in [-0.2, 0) is 11.2 Å². The van der Waals surface area contributed by atoms with Gasteiger partial charge in [0.05, 0.1) is 0 Å². The minimum atomic E-state index is -0.250. The van der Waals surface area contributed by atoms with Gasteiger partial charge in [0.25, 0.3) is 12.4 Å². The molecule has 1 amide bonds. The van der Waals surface area contributed by atoms with E-state index >= 15 is 0 Å². The molecule has 2 aliphatic carbocycles. The summed E-state index contributed by atoms with van der Waals surface area (Å²) in [5.74, 6) is -0.227. The maximum absolute atomic E-state index is 12.3. The molecular weight excluding hydrogens is 360 g/mol. The van der Waals surface area contributed by atoms with E-state index in [1.165, 1.54) is 5.70 Å². The summed E-state index contributed by atoms with van der Waals surface area (Å²) in [6, 6.07) is 1.64. The average molecular weight is 380 g/mol. The summed E-state index contributed by atoms with van der Waals surface area (Å²) in [5, 5.41) is 16.3. The zero-order valence-corrected chi connectivity index (χ0v) is 15.5. The highest BCUT2D eigenvalue weighted by Gasteiger charge is 2.17. The van der Waals surface area contributed by atoms with E-state index < -0.39 is 0 Å². The third kappa shape index (κ3) is 3.96. The third-order valence-electron chi connectivity index (χ3n) is 4.29. The van der Waals surface area contributed by atoms with Gasteiger partial charge in [-0.15, -0.1) is 0 Å². The van der Waals surface area contributed by atoms with Gasteiger partial charge >= 0.3 is 0 Å². The van der Waals surface area contributed by atoms with Crippen molar-refractivity contribution in [3.8, 4) is 0 Å². The first kappa shape index (κ1) is 19.0. The molecule has 2 aromatic heterocycles. The van der Waals surface area contributed by atoms with E-state index in [9.17, 15) is 4.79 Å². The van der Waals surface area contributed by atoms with Gasteiger partial charge in [0.15, 0.2) is 0 Å². The van der Waals surface area contributed by atoms with E-state index in [2.05, 4.69) is 26.5 Å². The number of nitrogens with one attached hydrogen (secondary N) is 2. The normalized spacial score (nSPS) is 13.8. The first-order chi connectivity index (χ1) is 13.5. The van der Waals surface area contributed by atoms with Crippen LogP contribution in [0.15, 0.2) is 46.3 Å². The molecule has 2 aliphatic rings. The molecular formula is C20H20N4O4. The van der Waals surface area contributed by atoms with E-state index in [0.29, 0.717) is 11.4 Å². The predicted octanol–water partition coefficient (Wildman–Crippen LogP) is 0.607. The van der Waals surface area contributed by atoms with Crippen LogP contribution in [0.5, 0.6) is 0 Å². The van der Waals surface area contributed by atoms with E-state index in [1.807, 2.05) is 44.5 Å². The summed E-state index contributed by atoms with van der Waals surface area (Å²) in [6.07, 6.45) is 14.0. The summed E-state index contributed by atoms with van der Waals surface area (Å²) in [7, 11) is 4.06. The van der Waals surface area contributed by atoms with Crippen LogP contribution in [0.2, 0.25) is 0 Å². The molecule has 4 rings (SSSR count). The molecule has 144 valence electrons. The fourth-order valence-corrected chi connectivity index (χ4v) is 2.94. The minimum Gasteiger partial charge on any atom is -0.483 e. The van der Waals surface area contributed by atoms with Gasteiger partial charge in [-0.25, -0.2) is 0 Å². The molecule has 28 heavy (non-hydrogen) atoms. The van der Waals surface area contributed by atoms with Crippen molar-refractivity contribution in [2.75, 3.05) is 14.1 Å². The Morgan fingerprint density at radius 1 is 1.32 bits per heavy atom. The van der Waals surface area contributed by atoms with Crippen LogP contribution in [0, 0.1) is 0 Å².